The van der Waals surface area contributed by atoms with Gasteiger partial charge in [-0.05, 0) is 49.3 Å². The first kappa shape index (κ1) is 23.5. The minimum absolute atomic E-state index is 0.147. The Morgan fingerprint density at radius 2 is 1.97 bits per heavy atom. The van der Waals surface area contributed by atoms with Crippen LogP contribution in [0.4, 0.5) is 5.69 Å². The number of fused-ring (bicyclic) bond motifs is 1. The van der Waals surface area contributed by atoms with Gasteiger partial charge in [-0.3, -0.25) is 14.2 Å². The highest BCUT2D eigenvalue weighted by Gasteiger charge is 2.39. The molecule has 1 aliphatic carbocycles. The van der Waals surface area contributed by atoms with E-state index in [0.717, 1.165) is 30.8 Å². The normalized spacial score (nSPS) is 18.1. The summed E-state index contributed by atoms with van der Waals surface area (Å²) in [6.45, 7) is 8.54. The number of aliphatic hydroxyl groups is 1. The van der Waals surface area contributed by atoms with E-state index in [1.807, 2.05) is 29.2 Å². The summed E-state index contributed by atoms with van der Waals surface area (Å²) >= 11 is 0. The van der Waals surface area contributed by atoms with E-state index in [9.17, 15) is 14.7 Å². The predicted molar refractivity (Wildman–Crippen MR) is 135 cm³/mol. The summed E-state index contributed by atoms with van der Waals surface area (Å²) in [5.74, 6) is 0.388. The van der Waals surface area contributed by atoms with Crippen LogP contribution in [0.25, 0.3) is 16.7 Å². The lowest BCUT2D eigenvalue weighted by molar-refractivity contribution is -0.137. The van der Waals surface area contributed by atoms with Crippen LogP contribution in [0.15, 0.2) is 41.6 Å². The van der Waals surface area contributed by atoms with Gasteiger partial charge in [0.2, 0.25) is 5.91 Å². The lowest BCUT2D eigenvalue weighted by atomic mass is 9.91. The first-order chi connectivity index (χ1) is 16.6. The van der Waals surface area contributed by atoms with E-state index in [-0.39, 0.29) is 29.3 Å². The van der Waals surface area contributed by atoms with Crippen molar-refractivity contribution in [3.8, 4) is 5.69 Å². The molecule has 1 aromatic carbocycles. The molecule has 0 bridgehead atoms. The zero-order valence-electron chi connectivity index (χ0n) is 20.7. The van der Waals surface area contributed by atoms with Crippen LogP contribution >= 0.6 is 0 Å². The number of nitrogens with zero attached hydrogens (tertiary/aromatic N) is 5. The van der Waals surface area contributed by atoms with Gasteiger partial charge in [-0.25, -0.2) is 9.67 Å². The molecule has 5 rings (SSSR count). The summed E-state index contributed by atoms with van der Waals surface area (Å²) in [5.41, 5.74) is 1.15. The van der Waals surface area contributed by atoms with Crippen LogP contribution < -0.4 is 10.9 Å². The number of anilines is 1. The average molecular weight is 479 g/mol. The van der Waals surface area contributed by atoms with Gasteiger partial charge in [0.15, 0.2) is 5.65 Å². The van der Waals surface area contributed by atoms with E-state index in [2.05, 4.69) is 36.2 Å². The summed E-state index contributed by atoms with van der Waals surface area (Å²) in [4.78, 5) is 31.9. The number of amides is 1. The highest BCUT2D eigenvalue weighted by molar-refractivity contribution is 5.81. The molecule has 3 aromatic rings. The van der Waals surface area contributed by atoms with Gasteiger partial charge in [0.25, 0.3) is 5.56 Å². The summed E-state index contributed by atoms with van der Waals surface area (Å²) < 4.78 is 3.13. The largest absolute Gasteiger partial charge is 0.388 e. The van der Waals surface area contributed by atoms with E-state index in [1.165, 1.54) is 17.1 Å². The third-order valence-corrected chi connectivity index (χ3v) is 6.87. The zero-order valence-corrected chi connectivity index (χ0v) is 20.7. The van der Waals surface area contributed by atoms with Crippen LogP contribution in [0.1, 0.15) is 46.5 Å². The molecule has 2 aromatic heterocycles. The molecule has 1 amide bonds. The van der Waals surface area contributed by atoms with E-state index >= 15 is 0 Å². The van der Waals surface area contributed by atoms with Crippen molar-refractivity contribution in [1.82, 2.24) is 24.2 Å². The van der Waals surface area contributed by atoms with E-state index in [4.69, 9.17) is 0 Å². The minimum Gasteiger partial charge on any atom is -0.388 e. The van der Waals surface area contributed by atoms with Crippen LogP contribution in [-0.2, 0) is 11.3 Å². The Kier molecular flexibility index (Phi) is 5.91. The molecule has 0 atom stereocenters. The fraction of sp³-hybridized carbons (Fsp3) is 0.538. The monoisotopic (exact) mass is 478 g/mol. The second-order valence-corrected chi connectivity index (χ2v) is 11.3. The van der Waals surface area contributed by atoms with Gasteiger partial charge < -0.3 is 15.3 Å². The number of nitrogens with one attached hydrogen (secondary N) is 1. The molecule has 9 heteroatoms. The molecule has 3 heterocycles. The lowest BCUT2D eigenvalue weighted by Crippen LogP contribution is -2.50. The number of likely N-dealkylation sites (tertiary alicyclic amines) is 1. The van der Waals surface area contributed by atoms with Crippen molar-refractivity contribution in [3.63, 3.8) is 0 Å². The molecule has 2 aliphatic rings. The number of hydrogen-bond acceptors (Lipinski definition) is 6. The number of carbonyl (C=O) groups is 1. The summed E-state index contributed by atoms with van der Waals surface area (Å²) in [6.07, 6.45) is 5.88. The van der Waals surface area contributed by atoms with Gasteiger partial charge in [-0.15, -0.1) is 0 Å². The van der Waals surface area contributed by atoms with Gasteiger partial charge in [-0.1, -0.05) is 26.8 Å². The second kappa shape index (κ2) is 8.78. The average Bonchev–Trinajstić information content (AvgIpc) is 3.58. The molecule has 1 aliphatic heterocycles. The highest BCUT2D eigenvalue weighted by atomic mass is 16.3. The van der Waals surface area contributed by atoms with Crippen molar-refractivity contribution >= 4 is 22.6 Å². The number of aromatic nitrogens is 4. The van der Waals surface area contributed by atoms with E-state index in [0.29, 0.717) is 37.0 Å². The van der Waals surface area contributed by atoms with Gasteiger partial charge in [0.05, 0.1) is 24.0 Å². The number of hydrogen-bond donors (Lipinski definition) is 2. The van der Waals surface area contributed by atoms with Crippen LogP contribution in [0.2, 0.25) is 0 Å². The molecule has 1 saturated carbocycles. The summed E-state index contributed by atoms with van der Waals surface area (Å²) in [6, 6.07) is 7.88. The number of piperidine rings is 1. The van der Waals surface area contributed by atoms with Crippen molar-refractivity contribution in [1.29, 1.82) is 0 Å². The zero-order chi connectivity index (χ0) is 24.8. The Morgan fingerprint density at radius 3 is 2.66 bits per heavy atom. The Morgan fingerprint density at radius 1 is 1.23 bits per heavy atom. The Balaban J connectivity index is 1.33. The van der Waals surface area contributed by atoms with Crippen LogP contribution in [0.3, 0.4) is 0 Å². The smallest absolute Gasteiger partial charge is 0.264 e. The van der Waals surface area contributed by atoms with Crippen LogP contribution in [0.5, 0.6) is 0 Å². The quantitative estimate of drug-likeness (QED) is 0.565. The molecule has 1 saturated heterocycles. The molecule has 2 fully saturated rings. The van der Waals surface area contributed by atoms with Gasteiger partial charge in [-0.2, -0.15) is 5.10 Å². The topological polar surface area (TPSA) is 105 Å². The minimum atomic E-state index is -1.04. The van der Waals surface area contributed by atoms with Gasteiger partial charge in [0, 0.05) is 31.2 Å². The summed E-state index contributed by atoms with van der Waals surface area (Å²) in [7, 11) is 0. The molecular formula is C26H34N6O3. The number of rotatable bonds is 6. The fourth-order valence-electron chi connectivity index (χ4n) is 4.57. The highest BCUT2D eigenvalue weighted by Crippen LogP contribution is 2.33. The molecule has 9 nitrogen and oxygen atoms in total. The standard InChI is InChI=1S/C26H34N6O3/c1-25(2,3)15-27-19-5-4-6-20(13-19)32-22-21(14-29-32)24(34)31(17-28-22)16-26(35)9-11-30(12-10-26)23(33)18-7-8-18/h4-6,13-14,17-18,27,35H,7-12,15-16H2,1-3H3. The molecular weight excluding hydrogens is 444 g/mol. The maximum absolute atomic E-state index is 13.2. The fourth-order valence-corrected chi connectivity index (χ4v) is 4.57. The number of carbonyl (C=O) groups excluding carboxylic acids is 1. The first-order valence-corrected chi connectivity index (χ1v) is 12.4. The van der Waals surface area contributed by atoms with Gasteiger partial charge >= 0.3 is 0 Å². The first-order valence-electron chi connectivity index (χ1n) is 12.4. The molecule has 0 spiro atoms. The van der Waals surface area contributed by atoms with Gasteiger partial charge in [0.1, 0.15) is 11.7 Å². The maximum Gasteiger partial charge on any atom is 0.264 e. The number of benzene rings is 1. The molecule has 186 valence electrons. The third kappa shape index (κ3) is 5.10. The van der Waals surface area contributed by atoms with Crippen molar-refractivity contribution in [2.75, 3.05) is 25.0 Å². The van der Waals surface area contributed by atoms with Crippen LogP contribution in [-0.4, -0.2) is 60.5 Å². The van der Waals surface area contributed by atoms with Crippen LogP contribution in [0, 0.1) is 11.3 Å². The van der Waals surface area contributed by atoms with Crippen molar-refractivity contribution in [2.45, 2.75) is 58.6 Å². The second-order valence-electron chi connectivity index (χ2n) is 11.3. The maximum atomic E-state index is 13.2. The van der Waals surface area contributed by atoms with E-state index in [1.54, 1.807) is 4.68 Å². The Labute approximate surface area is 204 Å². The molecule has 2 N–H and O–H groups in total. The molecule has 35 heavy (non-hydrogen) atoms. The summed E-state index contributed by atoms with van der Waals surface area (Å²) in [5, 5.41) is 19.4. The SMILES string of the molecule is CC(C)(C)CNc1cccc(-n2ncc3c(=O)n(CC4(O)CCN(C(=O)C5CC5)CC4)cnc32)c1. The van der Waals surface area contributed by atoms with Crippen molar-refractivity contribution < 1.29 is 9.90 Å². The third-order valence-electron chi connectivity index (χ3n) is 6.87. The molecule has 0 unspecified atom stereocenters. The predicted octanol–water partition coefficient (Wildman–Crippen LogP) is 2.80. The molecule has 0 radical (unpaired) electrons. The lowest BCUT2D eigenvalue weighted by Gasteiger charge is -2.38. The van der Waals surface area contributed by atoms with E-state index < -0.39 is 5.60 Å². The Hall–Kier alpha value is -3.20. The van der Waals surface area contributed by atoms with Crippen molar-refractivity contribution in [2.24, 2.45) is 11.3 Å². The Bertz CT molecular complexity index is 1290. The van der Waals surface area contributed by atoms with Crippen molar-refractivity contribution in [3.05, 3.63) is 47.1 Å².